The van der Waals surface area contributed by atoms with Crippen molar-refractivity contribution in [3.05, 3.63) is 72.9 Å². The van der Waals surface area contributed by atoms with Crippen molar-refractivity contribution >= 4 is 19.8 Å². The Bertz CT molecular complexity index is 1580. The summed E-state index contributed by atoms with van der Waals surface area (Å²) in [6, 6.07) is 0. The first-order valence-corrected chi connectivity index (χ1v) is 35.2. The van der Waals surface area contributed by atoms with Crippen molar-refractivity contribution in [2.24, 2.45) is 0 Å². The lowest BCUT2D eigenvalue weighted by atomic mass is 10.0. The zero-order valence-corrected chi connectivity index (χ0v) is 54.0. The van der Waals surface area contributed by atoms with Crippen LogP contribution >= 0.6 is 7.82 Å². The third-order valence-electron chi connectivity index (χ3n) is 14.8. The van der Waals surface area contributed by atoms with Gasteiger partial charge in [0.25, 0.3) is 0 Å². The highest BCUT2D eigenvalue weighted by molar-refractivity contribution is 7.47. The zero-order valence-electron chi connectivity index (χ0n) is 53.1. The Morgan fingerprint density at radius 1 is 0.400 bits per heavy atom. The smallest absolute Gasteiger partial charge is 0.462 e. The number of unbranched alkanes of at least 4 members (excludes halogenated alkanes) is 36. The number of carbonyl (C=O) groups is 2. The topological polar surface area (TPSA) is 108 Å². The van der Waals surface area contributed by atoms with E-state index in [4.69, 9.17) is 18.5 Å². The van der Waals surface area contributed by atoms with Crippen molar-refractivity contribution in [2.75, 3.05) is 47.5 Å². The third kappa shape index (κ3) is 64.6. The highest BCUT2D eigenvalue weighted by Crippen LogP contribution is 2.43. The second kappa shape index (κ2) is 61.0. The van der Waals surface area contributed by atoms with Gasteiger partial charge in [-0.3, -0.25) is 18.6 Å². The Hall–Kier alpha value is -2.55. The molecule has 0 amide bonds. The second-order valence-corrected chi connectivity index (χ2v) is 25.3. The van der Waals surface area contributed by atoms with E-state index in [1.807, 2.05) is 21.1 Å². The molecule has 9 nitrogen and oxygen atoms in total. The third-order valence-corrected chi connectivity index (χ3v) is 15.7. The van der Waals surface area contributed by atoms with Crippen LogP contribution in [0.5, 0.6) is 0 Å². The molecule has 0 saturated carbocycles. The number of rotatable bonds is 62. The summed E-state index contributed by atoms with van der Waals surface area (Å²) in [4.78, 5) is 35.8. The van der Waals surface area contributed by atoms with E-state index < -0.39 is 26.5 Å². The fourth-order valence-electron chi connectivity index (χ4n) is 9.61. The number of ether oxygens (including phenoxy) is 2. The van der Waals surface area contributed by atoms with Crippen LogP contribution in [0.4, 0.5) is 0 Å². The van der Waals surface area contributed by atoms with Crippen LogP contribution in [0, 0.1) is 0 Å². The summed E-state index contributed by atoms with van der Waals surface area (Å²) in [5.41, 5.74) is 0. The van der Waals surface area contributed by atoms with Gasteiger partial charge in [0.05, 0.1) is 27.7 Å². The summed E-state index contributed by atoms with van der Waals surface area (Å²) in [7, 11) is 1.49. The lowest BCUT2D eigenvalue weighted by molar-refractivity contribution is -0.870. The first-order valence-electron chi connectivity index (χ1n) is 33.7. The van der Waals surface area contributed by atoms with Gasteiger partial charge >= 0.3 is 19.8 Å². The van der Waals surface area contributed by atoms with Crippen molar-refractivity contribution in [3.8, 4) is 0 Å². The highest BCUT2D eigenvalue weighted by atomic mass is 31.2. The minimum absolute atomic E-state index is 0.0334. The average Bonchev–Trinajstić information content (AvgIpc) is 3.42. The molecule has 2 atom stereocenters. The van der Waals surface area contributed by atoms with Gasteiger partial charge in [-0.25, -0.2) is 4.57 Å². The summed E-state index contributed by atoms with van der Waals surface area (Å²) < 4.78 is 34.7. The van der Waals surface area contributed by atoms with E-state index in [0.717, 1.165) is 70.6 Å². The molecule has 0 aromatic heterocycles. The molecule has 2 unspecified atom stereocenters. The summed E-state index contributed by atoms with van der Waals surface area (Å²) >= 11 is 0. The molecule has 0 aromatic rings. The van der Waals surface area contributed by atoms with Gasteiger partial charge in [0.2, 0.25) is 0 Å². The molecule has 0 bridgehead atoms. The Kier molecular flexibility index (Phi) is 59.1. The van der Waals surface area contributed by atoms with Gasteiger partial charge < -0.3 is 18.9 Å². The van der Waals surface area contributed by atoms with E-state index in [1.54, 1.807) is 0 Å². The van der Waals surface area contributed by atoms with Gasteiger partial charge in [0, 0.05) is 12.8 Å². The SMILES string of the molecule is CC/C=C\C/C=C\C/C=C\C/C=C\C/C=C\C/C=C\CCCCCCCCCCCCCCCCCCCCCCC(=O)OC(COC(=O)CCCCCCCCCCCCCCCCCCC)COP(=O)(O)OCC[N+](C)(C)C. The predicted molar refractivity (Wildman–Crippen MR) is 344 cm³/mol. The van der Waals surface area contributed by atoms with Gasteiger partial charge in [-0.2, -0.15) is 0 Å². The number of allylic oxidation sites excluding steroid dienone is 12. The standard InChI is InChI=1S/C70H128NO8P/c1-6-8-10-12-14-16-18-20-22-24-25-26-27-28-29-30-31-32-33-34-35-36-37-38-39-40-41-42-43-44-45-47-49-51-53-55-57-59-61-63-70(73)79-68(67-78-80(74,75)77-65-64-71(3,4)5)66-76-69(72)62-60-58-56-54-52-50-48-46-23-21-19-17-15-13-11-9-7-2/h8,10,14,16,20,22,25-26,28-29,31-32,68H,6-7,9,11-13,15,17-19,21,23-24,27,30,33-67H2,1-5H3/p+1/b10-8-,16-14-,22-20-,26-25-,29-28-,32-31-. The number of quaternary nitrogens is 1. The molecule has 1 N–H and O–H groups in total. The van der Waals surface area contributed by atoms with Gasteiger partial charge in [0.15, 0.2) is 6.10 Å². The van der Waals surface area contributed by atoms with Crippen LogP contribution in [0.15, 0.2) is 72.9 Å². The van der Waals surface area contributed by atoms with E-state index in [0.29, 0.717) is 23.9 Å². The average molecular weight is 1140 g/mol. The molecule has 0 rings (SSSR count). The summed E-state index contributed by atoms with van der Waals surface area (Å²) in [6.45, 7) is 4.36. The first kappa shape index (κ1) is 77.5. The molecule has 466 valence electrons. The fraction of sp³-hybridized carbons (Fsp3) is 0.800. The molecule has 0 aromatic carbocycles. The Balaban J connectivity index is 3.95. The van der Waals surface area contributed by atoms with Gasteiger partial charge in [-0.1, -0.05) is 305 Å². The number of phosphoric acid groups is 1. The van der Waals surface area contributed by atoms with E-state index in [2.05, 4.69) is 86.8 Å². The Labute approximate surface area is 495 Å². The van der Waals surface area contributed by atoms with Crippen LogP contribution in [0.2, 0.25) is 0 Å². The molecular weight excluding hydrogens is 1010 g/mol. The van der Waals surface area contributed by atoms with Crippen molar-refractivity contribution < 1.29 is 42.1 Å². The maximum absolute atomic E-state index is 12.9. The zero-order chi connectivity index (χ0) is 58.4. The molecule has 0 heterocycles. The van der Waals surface area contributed by atoms with Gasteiger partial charge in [-0.05, 0) is 64.2 Å². The number of carbonyl (C=O) groups excluding carboxylic acids is 2. The summed E-state index contributed by atoms with van der Waals surface area (Å²) in [5.74, 6) is -0.781. The number of likely N-dealkylation sites (N-methyl/N-ethyl adjacent to an activating group) is 1. The number of phosphoric ester groups is 1. The highest BCUT2D eigenvalue weighted by Gasteiger charge is 2.27. The molecule has 0 aliphatic rings. The molecule has 10 heteroatoms. The van der Waals surface area contributed by atoms with Gasteiger partial charge in [0.1, 0.15) is 19.8 Å². The minimum Gasteiger partial charge on any atom is -0.462 e. The quantitative estimate of drug-likeness (QED) is 0.0211. The van der Waals surface area contributed by atoms with Crippen molar-refractivity contribution in [3.63, 3.8) is 0 Å². The summed E-state index contributed by atoms with van der Waals surface area (Å²) in [5, 5.41) is 0. The van der Waals surface area contributed by atoms with E-state index in [9.17, 15) is 19.0 Å². The van der Waals surface area contributed by atoms with E-state index in [-0.39, 0.29) is 25.6 Å². The first-order chi connectivity index (χ1) is 39.0. The maximum Gasteiger partial charge on any atom is 0.472 e. The molecule has 0 radical (unpaired) electrons. The monoisotopic (exact) mass is 1140 g/mol. The largest absolute Gasteiger partial charge is 0.472 e. The Morgan fingerprint density at radius 2 is 0.713 bits per heavy atom. The number of hydrogen-bond acceptors (Lipinski definition) is 7. The van der Waals surface area contributed by atoms with Crippen molar-refractivity contribution in [1.82, 2.24) is 0 Å². The van der Waals surface area contributed by atoms with Crippen molar-refractivity contribution in [1.29, 1.82) is 0 Å². The number of esters is 2. The predicted octanol–water partition coefficient (Wildman–Crippen LogP) is 21.6. The van der Waals surface area contributed by atoms with E-state index in [1.165, 1.54) is 205 Å². The molecule has 0 fully saturated rings. The minimum atomic E-state index is -4.39. The van der Waals surface area contributed by atoms with E-state index >= 15 is 0 Å². The molecule has 0 aliphatic heterocycles. The van der Waals surface area contributed by atoms with Crippen LogP contribution in [0.1, 0.15) is 309 Å². The summed E-state index contributed by atoms with van der Waals surface area (Å²) in [6.07, 6.45) is 81.5. The Morgan fingerprint density at radius 3 is 1.06 bits per heavy atom. The second-order valence-electron chi connectivity index (χ2n) is 23.8. The molecule has 0 aliphatic carbocycles. The number of nitrogens with zero attached hydrogens (tertiary/aromatic N) is 1. The lowest BCUT2D eigenvalue weighted by Crippen LogP contribution is -2.37. The normalized spacial score (nSPS) is 13.6. The molecular formula is C70H129NO8P+. The van der Waals surface area contributed by atoms with Crippen LogP contribution in [-0.2, 0) is 32.7 Å². The van der Waals surface area contributed by atoms with Crippen LogP contribution < -0.4 is 0 Å². The molecule has 0 spiro atoms. The van der Waals surface area contributed by atoms with Crippen LogP contribution in [0.25, 0.3) is 0 Å². The van der Waals surface area contributed by atoms with Crippen LogP contribution in [-0.4, -0.2) is 74.9 Å². The van der Waals surface area contributed by atoms with Gasteiger partial charge in [-0.15, -0.1) is 0 Å². The van der Waals surface area contributed by atoms with Crippen LogP contribution in [0.3, 0.4) is 0 Å². The maximum atomic E-state index is 12.9. The number of hydrogen-bond donors (Lipinski definition) is 1. The molecule has 0 saturated heterocycles. The fourth-order valence-corrected chi connectivity index (χ4v) is 10.4. The molecule has 80 heavy (non-hydrogen) atoms. The van der Waals surface area contributed by atoms with Crippen molar-refractivity contribution in [2.45, 2.75) is 315 Å². The lowest BCUT2D eigenvalue weighted by Gasteiger charge is -2.24.